The lowest BCUT2D eigenvalue weighted by Gasteiger charge is -2.33. The summed E-state index contributed by atoms with van der Waals surface area (Å²) in [7, 11) is -0.886. The molecule has 2 amide bonds. The van der Waals surface area contributed by atoms with E-state index in [1.54, 1.807) is 4.90 Å². The SMILES string of the molecule is CCS(=O)CCN1CCC(=O)NC(CC)(CC)C1=O. The maximum atomic E-state index is 12.6. The number of hydrogen-bond donors (Lipinski definition) is 1. The van der Waals surface area contributed by atoms with Crippen LogP contribution in [0, 0.1) is 0 Å². The molecule has 6 heteroatoms. The molecule has 0 saturated carbocycles. The van der Waals surface area contributed by atoms with Gasteiger partial charge in [-0.15, -0.1) is 0 Å². The summed E-state index contributed by atoms with van der Waals surface area (Å²) in [4.78, 5) is 26.0. The van der Waals surface area contributed by atoms with Crippen LogP contribution in [0.3, 0.4) is 0 Å². The van der Waals surface area contributed by atoms with E-state index in [2.05, 4.69) is 5.32 Å². The molecule has 0 aromatic carbocycles. The average molecular weight is 288 g/mol. The largest absolute Gasteiger partial charge is 0.342 e. The second-order valence-electron chi connectivity index (χ2n) is 4.81. The number of rotatable bonds is 6. The van der Waals surface area contributed by atoms with E-state index in [0.29, 0.717) is 43.9 Å². The number of nitrogens with one attached hydrogen (secondary N) is 1. The molecule has 0 bridgehead atoms. The molecule has 1 aliphatic heterocycles. The molecule has 1 fully saturated rings. The Hall–Kier alpha value is -0.910. The molecular formula is C13H24N2O3S. The van der Waals surface area contributed by atoms with Crippen molar-refractivity contribution in [2.75, 3.05) is 24.6 Å². The van der Waals surface area contributed by atoms with E-state index in [4.69, 9.17) is 0 Å². The van der Waals surface area contributed by atoms with Gasteiger partial charge in [-0.3, -0.25) is 13.8 Å². The maximum absolute atomic E-state index is 12.6. The molecule has 110 valence electrons. The zero-order chi connectivity index (χ0) is 14.5. The van der Waals surface area contributed by atoms with Crippen LogP contribution in [0.25, 0.3) is 0 Å². The minimum Gasteiger partial charge on any atom is -0.342 e. The molecule has 1 heterocycles. The lowest BCUT2D eigenvalue weighted by atomic mass is 9.91. The van der Waals surface area contributed by atoms with Crippen LogP contribution in [0.5, 0.6) is 0 Å². The molecule has 1 unspecified atom stereocenters. The van der Waals surface area contributed by atoms with E-state index in [0.717, 1.165) is 0 Å². The second-order valence-corrected chi connectivity index (χ2v) is 6.68. The van der Waals surface area contributed by atoms with Gasteiger partial charge in [0, 0.05) is 41.8 Å². The van der Waals surface area contributed by atoms with Crippen molar-refractivity contribution in [1.29, 1.82) is 0 Å². The lowest BCUT2D eigenvalue weighted by molar-refractivity contribution is -0.139. The number of carbonyl (C=O) groups is 2. The Labute approximate surface area is 117 Å². The molecule has 0 radical (unpaired) electrons. The highest BCUT2D eigenvalue weighted by atomic mass is 32.2. The van der Waals surface area contributed by atoms with Crippen molar-refractivity contribution in [2.45, 2.75) is 45.6 Å². The molecule has 0 spiro atoms. The summed E-state index contributed by atoms with van der Waals surface area (Å²) < 4.78 is 11.5. The zero-order valence-electron chi connectivity index (χ0n) is 12.0. The van der Waals surface area contributed by atoms with Crippen molar-refractivity contribution >= 4 is 22.6 Å². The number of nitrogens with zero attached hydrogens (tertiary/aromatic N) is 1. The quantitative estimate of drug-likeness (QED) is 0.781. The van der Waals surface area contributed by atoms with Crippen LogP contribution >= 0.6 is 0 Å². The Morgan fingerprint density at radius 3 is 2.42 bits per heavy atom. The highest BCUT2D eigenvalue weighted by Gasteiger charge is 2.41. The van der Waals surface area contributed by atoms with E-state index in [1.807, 2.05) is 20.8 Å². The summed E-state index contributed by atoms with van der Waals surface area (Å²) in [5, 5.41) is 2.87. The summed E-state index contributed by atoms with van der Waals surface area (Å²) >= 11 is 0. The molecule has 0 aromatic heterocycles. The number of carbonyl (C=O) groups excluding carboxylic acids is 2. The fraction of sp³-hybridized carbons (Fsp3) is 0.846. The molecular weight excluding hydrogens is 264 g/mol. The van der Waals surface area contributed by atoms with Gasteiger partial charge in [0.05, 0.1) is 0 Å². The van der Waals surface area contributed by atoms with E-state index < -0.39 is 16.3 Å². The minimum atomic E-state index is -0.886. The fourth-order valence-electron chi connectivity index (χ4n) is 2.32. The summed E-state index contributed by atoms with van der Waals surface area (Å²) in [6, 6.07) is 0. The van der Waals surface area contributed by atoms with Crippen LogP contribution < -0.4 is 5.32 Å². The van der Waals surface area contributed by atoms with Gasteiger partial charge in [0.1, 0.15) is 5.54 Å². The first-order valence-corrected chi connectivity index (χ1v) is 8.43. The zero-order valence-corrected chi connectivity index (χ0v) is 12.8. The minimum absolute atomic E-state index is 0.0311. The molecule has 5 nitrogen and oxygen atoms in total. The summed E-state index contributed by atoms with van der Waals surface area (Å²) in [5.74, 6) is 0.985. The smallest absolute Gasteiger partial charge is 0.248 e. The van der Waals surface area contributed by atoms with Crippen molar-refractivity contribution in [3.63, 3.8) is 0 Å². The first-order chi connectivity index (χ1) is 8.99. The molecule has 1 N–H and O–H groups in total. The Kier molecular flexibility index (Phi) is 5.97. The van der Waals surface area contributed by atoms with Gasteiger partial charge in [0.15, 0.2) is 0 Å². The van der Waals surface area contributed by atoms with Gasteiger partial charge in [-0.1, -0.05) is 20.8 Å². The summed E-state index contributed by atoms with van der Waals surface area (Å²) in [6.45, 7) is 6.59. The predicted molar refractivity (Wildman–Crippen MR) is 76.2 cm³/mol. The highest BCUT2D eigenvalue weighted by molar-refractivity contribution is 7.84. The van der Waals surface area contributed by atoms with E-state index in [1.165, 1.54) is 0 Å². The van der Waals surface area contributed by atoms with Crippen molar-refractivity contribution < 1.29 is 13.8 Å². The summed E-state index contributed by atoms with van der Waals surface area (Å²) in [6.07, 6.45) is 1.50. The van der Waals surface area contributed by atoms with Crippen LogP contribution in [-0.2, 0) is 20.4 Å². The second kappa shape index (κ2) is 7.03. The third-order valence-electron chi connectivity index (χ3n) is 3.80. The number of hydrogen-bond acceptors (Lipinski definition) is 3. The van der Waals surface area contributed by atoms with Crippen molar-refractivity contribution in [1.82, 2.24) is 10.2 Å². The summed E-state index contributed by atoms with van der Waals surface area (Å²) in [5.41, 5.74) is -0.776. The van der Waals surface area contributed by atoms with Crippen molar-refractivity contribution in [2.24, 2.45) is 0 Å². The van der Waals surface area contributed by atoms with Crippen LogP contribution in [0.15, 0.2) is 0 Å². The van der Waals surface area contributed by atoms with Gasteiger partial charge < -0.3 is 10.2 Å². The van der Waals surface area contributed by atoms with Gasteiger partial charge in [0.25, 0.3) is 0 Å². The number of amides is 2. The molecule has 1 saturated heterocycles. The van der Waals surface area contributed by atoms with Crippen LogP contribution in [0.1, 0.15) is 40.0 Å². The first-order valence-electron chi connectivity index (χ1n) is 6.94. The topological polar surface area (TPSA) is 66.5 Å². The Morgan fingerprint density at radius 1 is 1.26 bits per heavy atom. The Morgan fingerprint density at radius 2 is 1.89 bits per heavy atom. The predicted octanol–water partition coefficient (Wildman–Crippen LogP) is 0.662. The van der Waals surface area contributed by atoms with Crippen LogP contribution in [-0.4, -0.2) is 51.1 Å². The molecule has 1 rings (SSSR count). The average Bonchev–Trinajstić information content (AvgIpc) is 2.54. The molecule has 0 aliphatic carbocycles. The van der Waals surface area contributed by atoms with Gasteiger partial charge in [-0.25, -0.2) is 0 Å². The highest BCUT2D eigenvalue weighted by Crippen LogP contribution is 2.21. The molecule has 19 heavy (non-hydrogen) atoms. The Bertz CT molecular complexity index is 367. The standard InChI is InChI=1S/C13H24N2O3S/c1-4-13(5-2)12(17)15(8-7-11(16)14-13)9-10-19(18)6-3/h4-10H2,1-3H3,(H,14,16). The van der Waals surface area contributed by atoms with E-state index >= 15 is 0 Å². The third-order valence-corrected chi connectivity index (χ3v) is 5.08. The van der Waals surface area contributed by atoms with Gasteiger partial charge in [-0.2, -0.15) is 0 Å². The normalized spacial score (nSPS) is 20.9. The first kappa shape index (κ1) is 16.1. The maximum Gasteiger partial charge on any atom is 0.248 e. The van der Waals surface area contributed by atoms with E-state index in [9.17, 15) is 13.8 Å². The van der Waals surface area contributed by atoms with Crippen LogP contribution in [0.4, 0.5) is 0 Å². The van der Waals surface area contributed by atoms with Gasteiger partial charge in [-0.05, 0) is 12.8 Å². The Balaban J connectivity index is 2.83. The lowest BCUT2D eigenvalue weighted by Crippen LogP contribution is -2.56. The molecule has 1 atom stereocenters. The van der Waals surface area contributed by atoms with Crippen LogP contribution in [0.2, 0.25) is 0 Å². The molecule has 0 aromatic rings. The third kappa shape index (κ3) is 3.78. The monoisotopic (exact) mass is 288 g/mol. The van der Waals surface area contributed by atoms with Gasteiger partial charge >= 0.3 is 0 Å². The molecule has 1 aliphatic rings. The van der Waals surface area contributed by atoms with E-state index in [-0.39, 0.29) is 11.8 Å². The van der Waals surface area contributed by atoms with Gasteiger partial charge in [0.2, 0.25) is 11.8 Å². The van der Waals surface area contributed by atoms with Crippen molar-refractivity contribution in [3.05, 3.63) is 0 Å². The fourth-order valence-corrected chi connectivity index (χ4v) is 3.04. The van der Waals surface area contributed by atoms with Crippen molar-refractivity contribution in [3.8, 4) is 0 Å².